The largest absolute Gasteiger partial charge is 0.453 e. The van der Waals surface area contributed by atoms with Crippen molar-refractivity contribution >= 4 is 0 Å². The second kappa shape index (κ2) is 9.84. The van der Waals surface area contributed by atoms with E-state index in [4.69, 9.17) is 0 Å². The first kappa shape index (κ1) is 35.4. The monoisotopic (exact) mass is 612 g/mol. The summed E-state index contributed by atoms with van der Waals surface area (Å²) < 4.78 is 287. The third-order valence-corrected chi connectivity index (χ3v) is 3.96. The fraction of sp³-hybridized carbons (Fsp3) is 1.00. The van der Waals surface area contributed by atoms with Crippen molar-refractivity contribution in [2.24, 2.45) is 0 Å². The Balaban J connectivity index is 6.56. The van der Waals surface area contributed by atoms with Gasteiger partial charge in [0, 0.05) is 0 Å². The highest BCUT2D eigenvalue weighted by molar-refractivity contribution is 5.01. The van der Waals surface area contributed by atoms with Gasteiger partial charge in [-0.3, -0.25) is 0 Å². The molecule has 0 aromatic heterocycles. The molecule has 0 saturated carbocycles. The number of halogens is 22. The molecule has 24 heteroatoms. The number of rotatable bonds is 12. The Morgan fingerprint density at radius 2 is 0.622 bits per heavy atom. The molecule has 224 valence electrons. The molecule has 0 amide bonds. The quantitative estimate of drug-likeness (QED) is 0.172. The lowest BCUT2D eigenvalue weighted by Crippen LogP contribution is -2.66. The van der Waals surface area contributed by atoms with E-state index in [2.05, 4.69) is 9.47 Å². The molecule has 0 heterocycles. The minimum Gasteiger partial charge on any atom is -0.329 e. The maximum Gasteiger partial charge on any atom is 0.453 e. The van der Waals surface area contributed by atoms with Crippen LogP contribution in [0.25, 0.3) is 0 Å². The Morgan fingerprint density at radius 1 is 0.405 bits per heavy atom. The van der Waals surface area contributed by atoms with E-state index < -0.39 is 79.7 Å². The van der Waals surface area contributed by atoms with E-state index in [-0.39, 0.29) is 0 Å². The SMILES string of the molecule is FC(F)C(F)(F)C(F)(F)C(F)(F)COC(OCC(F)(F)C(F)(F)C(F)(F)C(F)F)(C(F)(F)F)C(F)(F)F. The molecule has 0 bridgehead atoms. The van der Waals surface area contributed by atoms with Crippen LogP contribution in [0.15, 0.2) is 0 Å². The van der Waals surface area contributed by atoms with Gasteiger partial charge in [0.05, 0.1) is 0 Å². The van der Waals surface area contributed by atoms with Gasteiger partial charge in [0.1, 0.15) is 13.2 Å². The number of alkyl halides is 22. The van der Waals surface area contributed by atoms with Crippen molar-refractivity contribution in [2.75, 3.05) is 13.2 Å². The summed E-state index contributed by atoms with van der Waals surface area (Å²) in [6.07, 6.45) is -26.8. The molecule has 0 unspecified atom stereocenters. The Bertz CT molecular complexity index is 700. The molecule has 0 aliphatic carbocycles. The van der Waals surface area contributed by atoms with Crippen LogP contribution < -0.4 is 0 Å². The van der Waals surface area contributed by atoms with Crippen molar-refractivity contribution in [3.63, 3.8) is 0 Å². The smallest absolute Gasteiger partial charge is 0.329 e. The van der Waals surface area contributed by atoms with Crippen molar-refractivity contribution < 1.29 is 106 Å². The van der Waals surface area contributed by atoms with Gasteiger partial charge in [0.2, 0.25) is 0 Å². The van der Waals surface area contributed by atoms with Crippen molar-refractivity contribution in [1.82, 2.24) is 0 Å². The van der Waals surface area contributed by atoms with Crippen LogP contribution in [0.3, 0.4) is 0 Å². The van der Waals surface area contributed by atoms with Crippen LogP contribution in [-0.4, -0.2) is 79.7 Å². The molecule has 0 fully saturated rings. The molecule has 2 nitrogen and oxygen atoms in total. The van der Waals surface area contributed by atoms with Crippen molar-refractivity contribution in [3.8, 4) is 0 Å². The Morgan fingerprint density at radius 3 is 0.784 bits per heavy atom. The summed E-state index contributed by atoms with van der Waals surface area (Å²) in [7, 11) is 0. The summed E-state index contributed by atoms with van der Waals surface area (Å²) in [5, 5.41) is 0. The number of hydrogen-bond acceptors (Lipinski definition) is 2. The molecule has 0 saturated heterocycles. The molecule has 0 aromatic carbocycles. The van der Waals surface area contributed by atoms with Gasteiger partial charge in [-0.2, -0.15) is 79.0 Å². The summed E-state index contributed by atoms with van der Waals surface area (Å²) >= 11 is 0. The van der Waals surface area contributed by atoms with Crippen LogP contribution in [0.4, 0.5) is 96.6 Å². The lowest BCUT2D eigenvalue weighted by molar-refractivity contribution is -0.487. The molecule has 0 rings (SSSR count). The normalized spacial score (nSPS) is 16.2. The van der Waals surface area contributed by atoms with Gasteiger partial charge in [-0.15, -0.1) is 0 Å². The van der Waals surface area contributed by atoms with Gasteiger partial charge in [0.25, 0.3) is 0 Å². The van der Waals surface area contributed by atoms with E-state index >= 15 is 0 Å². The lowest BCUT2D eigenvalue weighted by Gasteiger charge is -2.40. The summed E-state index contributed by atoms with van der Waals surface area (Å²) in [4.78, 5) is 0. The number of ether oxygens (including phenoxy) is 2. The minimum absolute atomic E-state index is 2.23. The summed E-state index contributed by atoms with van der Waals surface area (Å²) in [6.45, 7) is -8.78. The summed E-state index contributed by atoms with van der Waals surface area (Å²) in [5.41, 5.74) is 0. The van der Waals surface area contributed by atoms with Crippen LogP contribution in [0.1, 0.15) is 0 Å². The highest BCUT2D eigenvalue weighted by Crippen LogP contribution is 2.54. The fourth-order valence-electron chi connectivity index (χ4n) is 1.86. The zero-order valence-corrected chi connectivity index (χ0v) is 16.2. The third-order valence-electron chi connectivity index (χ3n) is 3.96. The summed E-state index contributed by atoms with van der Waals surface area (Å²) in [6, 6.07) is 0. The molecule has 0 N–H and O–H groups in total. The fourth-order valence-corrected chi connectivity index (χ4v) is 1.86. The molecule has 0 aromatic rings. The first-order chi connectivity index (χ1) is 15.8. The van der Waals surface area contributed by atoms with Gasteiger partial charge in [0.15, 0.2) is 0 Å². The van der Waals surface area contributed by atoms with Gasteiger partial charge < -0.3 is 9.47 Å². The maximum atomic E-state index is 13.3. The first-order valence-electron chi connectivity index (χ1n) is 8.04. The zero-order chi connectivity index (χ0) is 30.5. The third kappa shape index (κ3) is 5.87. The predicted molar refractivity (Wildman–Crippen MR) is 68.4 cm³/mol. The predicted octanol–water partition coefficient (Wildman–Crippen LogP) is 7.18. The van der Waals surface area contributed by atoms with Crippen molar-refractivity contribution in [1.29, 1.82) is 0 Å². The van der Waals surface area contributed by atoms with E-state index in [1.165, 1.54) is 0 Å². The molecule has 0 aliphatic rings. The van der Waals surface area contributed by atoms with E-state index in [1.807, 2.05) is 0 Å². The molecule has 0 radical (unpaired) electrons. The van der Waals surface area contributed by atoms with Crippen molar-refractivity contribution in [3.05, 3.63) is 0 Å². The van der Waals surface area contributed by atoms with Gasteiger partial charge in [-0.25, -0.2) is 17.6 Å². The molecule has 37 heavy (non-hydrogen) atoms. The topological polar surface area (TPSA) is 18.5 Å². The highest BCUT2D eigenvalue weighted by atomic mass is 19.4. The summed E-state index contributed by atoms with van der Waals surface area (Å²) in [5.74, 6) is -51.1. The van der Waals surface area contributed by atoms with Crippen LogP contribution in [-0.2, 0) is 9.47 Å². The first-order valence-corrected chi connectivity index (χ1v) is 8.04. The van der Waals surface area contributed by atoms with Gasteiger partial charge in [-0.1, -0.05) is 0 Å². The van der Waals surface area contributed by atoms with E-state index in [1.54, 1.807) is 0 Å². The van der Waals surface area contributed by atoms with Gasteiger partial charge >= 0.3 is 66.5 Å². The van der Waals surface area contributed by atoms with E-state index in [0.29, 0.717) is 0 Å². The van der Waals surface area contributed by atoms with Crippen LogP contribution in [0, 0.1) is 0 Å². The van der Waals surface area contributed by atoms with Crippen molar-refractivity contribution in [2.45, 2.75) is 66.5 Å². The molecule has 0 aliphatic heterocycles. The Hall–Kier alpha value is -1.62. The molecule has 0 atom stereocenters. The van der Waals surface area contributed by atoms with Crippen LogP contribution in [0.2, 0.25) is 0 Å². The average Bonchev–Trinajstić information content (AvgIpc) is 2.64. The standard InChI is InChI=1S/C13H6F22O2/c14-3(15)7(22,23)9(26,27)5(18,19)1-36-11(12(30,31)32,13(33,34)35)37-2-6(20,21)10(28,29)8(24,25)4(16)17/h3-4H,1-2H2. The number of hydrogen-bond donors (Lipinski definition) is 0. The van der Waals surface area contributed by atoms with Crippen LogP contribution in [0.5, 0.6) is 0 Å². The maximum absolute atomic E-state index is 13.3. The lowest BCUT2D eigenvalue weighted by atomic mass is 10.0. The Labute approximate surface area is 187 Å². The van der Waals surface area contributed by atoms with E-state index in [0.717, 1.165) is 0 Å². The highest BCUT2D eigenvalue weighted by Gasteiger charge is 2.81. The van der Waals surface area contributed by atoms with Crippen LogP contribution >= 0.6 is 0 Å². The van der Waals surface area contributed by atoms with E-state index in [9.17, 15) is 96.6 Å². The molecular weight excluding hydrogens is 606 g/mol. The average molecular weight is 612 g/mol. The second-order valence-corrected chi connectivity index (χ2v) is 6.59. The second-order valence-electron chi connectivity index (χ2n) is 6.59. The molecule has 0 spiro atoms. The minimum atomic E-state index is -7.67. The Kier molecular flexibility index (Phi) is 9.41. The zero-order valence-electron chi connectivity index (χ0n) is 16.2. The van der Waals surface area contributed by atoms with Gasteiger partial charge in [-0.05, 0) is 0 Å². The molecular formula is C13H6F22O2.